The van der Waals surface area contributed by atoms with Gasteiger partial charge in [0.25, 0.3) is 0 Å². The lowest BCUT2D eigenvalue weighted by Gasteiger charge is -2.18. The quantitative estimate of drug-likeness (QED) is 0.835. The molecule has 0 aliphatic rings. The van der Waals surface area contributed by atoms with Crippen LogP contribution >= 0.6 is 11.6 Å². The SMILES string of the molecule is N[C@H](c1cc(Cl)ncn1)[C@H](O)c1cccc(F)c1. The minimum Gasteiger partial charge on any atom is -0.386 e. The number of aromatic nitrogens is 2. The Bertz CT molecular complexity index is 503. The Hall–Kier alpha value is -1.56. The summed E-state index contributed by atoms with van der Waals surface area (Å²) in [6.45, 7) is 0. The van der Waals surface area contributed by atoms with Gasteiger partial charge in [-0.15, -0.1) is 0 Å². The molecule has 0 aliphatic carbocycles. The van der Waals surface area contributed by atoms with Gasteiger partial charge >= 0.3 is 0 Å². The van der Waals surface area contributed by atoms with Crippen LogP contribution in [0.1, 0.15) is 23.4 Å². The molecule has 18 heavy (non-hydrogen) atoms. The lowest BCUT2D eigenvalue weighted by Crippen LogP contribution is -2.21. The van der Waals surface area contributed by atoms with Crippen LogP contribution in [0.25, 0.3) is 0 Å². The Morgan fingerprint density at radius 3 is 2.72 bits per heavy atom. The van der Waals surface area contributed by atoms with Gasteiger partial charge < -0.3 is 10.8 Å². The van der Waals surface area contributed by atoms with Gasteiger partial charge in [-0.2, -0.15) is 0 Å². The number of nitrogens with zero attached hydrogens (tertiary/aromatic N) is 2. The second-order valence-corrected chi connectivity index (χ2v) is 4.18. The molecule has 0 unspecified atom stereocenters. The van der Waals surface area contributed by atoms with Crippen LogP contribution in [0.4, 0.5) is 4.39 Å². The molecule has 0 spiro atoms. The van der Waals surface area contributed by atoms with Crippen LogP contribution in [0.2, 0.25) is 5.15 Å². The van der Waals surface area contributed by atoms with E-state index in [4.69, 9.17) is 17.3 Å². The summed E-state index contributed by atoms with van der Waals surface area (Å²) in [5.41, 5.74) is 6.65. The van der Waals surface area contributed by atoms with Crippen molar-refractivity contribution in [3.05, 3.63) is 58.9 Å². The summed E-state index contributed by atoms with van der Waals surface area (Å²) in [6, 6.07) is 6.29. The van der Waals surface area contributed by atoms with Gasteiger partial charge in [0, 0.05) is 0 Å². The molecule has 0 saturated carbocycles. The van der Waals surface area contributed by atoms with E-state index in [0.29, 0.717) is 11.3 Å². The first-order valence-corrected chi connectivity index (χ1v) is 5.62. The van der Waals surface area contributed by atoms with Crippen LogP contribution in [0.5, 0.6) is 0 Å². The molecule has 3 N–H and O–H groups in total. The summed E-state index contributed by atoms with van der Waals surface area (Å²) < 4.78 is 13.1. The van der Waals surface area contributed by atoms with Gasteiger partial charge in [0.1, 0.15) is 17.3 Å². The van der Waals surface area contributed by atoms with Crippen LogP contribution in [-0.4, -0.2) is 15.1 Å². The van der Waals surface area contributed by atoms with E-state index in [-0.39, 0.29) is 5.15 Å². The highest BCUT2D eigenvalue weighted by molar-refractivity contribution is 6.29. The molecule has 1 aromatic carbocycles. The highest BCUT2D eigenvalue weighted by Crippen LogP contribution is 2.26. The molecular weight excluding hydrogens is 257 g/mol. The van der Waals surface area contributed by atoms with Crippen molar-refractivity contribution in [3.8, 4) is 0 Å². The van der Waals surface area contributed by atoms with E-state index in [9.17, 15) is 9.50 Å². The third-order valence-corrected chi connectivity index (χ3v) is 2.73. The van der Waals surface area contributed by atoms with Crippen molar-refractivity contribution in [1.82, 2.24) is 9.97 Å². The zero-order valence-corrected chi connectivity index (χ0v) is 10.0. The summed E-state index contributed by atoms with van der Waals surface area (Å²) in [5, 5.41) is 10.3. The first-order chi connectivity index (χ1) is 8.58. The van der Waals surface area contributed by atoms with E-state index in [2.05, 4.69) is 9.97 Å². The number of hydrogen-bond acceptors (Lipinski definition) is 4. The molecular formula is C12H11ClFN3O. The average Bonchev–Trinajstić information content (AvgIpc) is 2.37. The third kappa shape index (κ3) is 2.81. The lowest BCUT2D eigenvalue weighted by molar-refractivity contribution is 0.145. The van der Waals surface area contributed by atoms with Gasteiger partial charge in [0.05, 0.1) is 17.8 Å². The van der Waals surface area contributed by atoms with Crippen molar-refractivity contribution >= 4 is 11.6 Å². The lowest BCUT2D eigenvalue weighted by atomic mass is 10.0. The Labute approximate surface area is 108 Å². The number of rotatable bonds is 3. The van der Waals surface area contributed by atoms with Gasteiger partial charge in [-0.1, -0.05) is 23.7 Å². The van der Waals surface area contributed by atoms with Crippen molar-refractivity contribution in [1.29, 1.82) is 0 Å². The van der Waals surface area contributed by atoms with Gasteiger partial charge in [-0.05, 0) is 23.8 Å². The molecule has 0 amide bonds. The molecule has 0 bridgehead atoms. The molecule has 6 heteroatoms. The summed E-state index contributed by atoms with van der Waals surface area (Å²) in [5.74, 6) is -0.431. The van der Waals surface area contributed by atoms with Crippen molar-refractivity contribution in [3.63, 3.8) is 0 Å². The van der Waals surface area contributed by atoms with Gasteiger partial charge in [0.15, 0.2) is 0 Å². The Balaban J connectivity index is 2.26. The first-order valence-electron chi connectivity index (χ1n) is 5.24. The molecule has 1 heterocycles. The molecule has 2 rings (SSSR count). The van der Waals surface area contributed by atoms with Crippen LogP contribution in [0.15, 0.2) is 36.7 Å². The molecule has 4 nitrogen and oxygen atoms in total. The molecule has 0 fully saturated rings. The average molecular weight is 268 g/mol. The molecule has 1 aromatic heterocycles. The largest absolute Gasteiger partial charge is 0.386 e. The highest BCUT2D eigenvalue weighted by Gasteiger charge is 2.20. The first kappa shape index (κ1) is 12.9. The molecule has 0 radical (unpaired) electrons. The van der Waals surface area contributed by atoms with E-state index >= 15 is 0 Å². The Morgan fingerprint density at radius 2 is 2.06 bits per heavy atom. The second-order valence-electron chi connectivity index (χ2n) is 3.79. The van der Waals surface area contributed by atoms with Crippen molar-refractivity contribution in [2.45, 2.75) is 12.1 Å². The summed E-state index contributed by atoms with van der Waals surface area (Å²) in [7, 11) is 0. The minimum atomic E-state index is -1.06. The van der Waals surface area contributed by atoms with Crippen molar-refractivity contribution in [2.24, 2.45) is 5.73 Å². The number of aliphatic hydroxyl groups is 1. The highest BCUT2D eigenvalue weighted by atomic mass is 35.5. The topological polar surface area (TPSA) is 72.0 Å². The van der Waals surface area contributed by atoms with E-state index in [1.807, 2.05) is 0 Å². The minimum absolute atomic E-state index is 0.238. The predicted molar refractivity (Wildman–Crippen MR) is 65.3 cm³/mol. The van der Waals surface area contributed by atoms with Crippen LogP contribution in [-0.2, 0) is 0 Å². The maximum absolute atomic E-state index is 13.1. The standard InChI is InChI=1S/C12H11ClFN3O/c13-10-5-9(16-6-17-10)11(15)12(18)7-2-1-3-8(14)4-7/h1-6,11-12,18H,15H2/t11-,12-/m1/s1. The number of hydrogen-bond donors (Lipinski definition) is 2. The fraction of sp³-hybridized carbons (Fsp3) is 0.167. The molecule has 94 valence electrons. The number of nitrogens with two attached hydrogens (primary N) is 1. The maximum atomic E-state index is 13.1. The molecule has 2 atom stereocenters. The van der Waals surface area contributed by atoms with Crippen molar-refractivity contribution < 1.29 is 9.50 Å². The summed E-state index contributed by atoms with van der Waals surface area (Å²) >= 11 is 5.72. The monoisotopic (exact) mass is 267 g/mol. The Morgan fingerprint density at radius 1 is 1.28 bits per heavy atom. The zero-order valence-electron chi connectivity index (χ0n) is 9.29. The van der Waals surface area contributed by atoms with Crippen molar-refractivity contribution in [2.75, 3.05) is 0 Å². The van der Waals surface area contributed by atoms with Crippen LogP contribution in [0.3, 0.4) is 0 Å². The van der Waals surface area contributed by atoms with E-state index < -0.39 is 18.0 Å². The van der Waals surface area contributed by atoms with E-state index in [1.54, 1.807) is 6.07 Å². The molecule has 2 aromatic rings. The maximum Gasteiger partial charge on any atom is 0.132 e. The number of halogens is 2. The zero-order chi connectivity index (χ0) is 13.1. The fourth-order valence-corrected chi connectivity index (χ4v) is 1.74. The Kier molecular flexibility index (Phi) is 3.86. The fourth-order valence-electron chi connectivity index (χ4n) is 1.59. The normalized spacial score (nSPS) is 14.2. The van der Waals surface area contributed by atoms with Crippen LogP contribution in [0, 0.1) is 5.82 Å². The van der Waals surface area contributed by atoms with E-state index in [0.717, 1.165) is 0 Å². The van der Waals surface area contributed by atoms with E-state index in [1.165, 1.54) is 30.6 Å². The van der Waals surface area contributed by atoms with Gasteiger partial charge in [-0.25, -0.2) is 14.4 Å². The molecule has 0 aliphatic heterocycles. The predicted octanol–water partition coefficient (Wildman–Crippen LogP) is 2.00. The number of aliphatic hydroxyl groups excluding tert-OH is 1. The van der Waals surface area contributed by atoms with Gasteiger partial charge in [0.2, 0.25) is 0 Å². The summed E-state index contributed by atoms with van der Waals surface area (Å²) in [4.78, 5) is 7.66. The van der Waals surface area contributed by atoms with Gasteiger partial charge in [-0.3, -0.25) is 0 Å². The molecule has 0 saturated heterocycles. The third-order valence-electron chi connectivity index (χ3n) is 2.53. The smallest absolute Gasteiger partial charge is 0.132 e. The summed E-state index contributed by atoms with van der Waals surface area (Å²) in [6.07, 6.45) is 0.196. The van der Waals surface area contributed by atoms with Crippen LogP contribution < -0.4 is 5.73 Å². The second kappa shape index (κ2) is 5.39. The number of benzene rings is 1.